The number of ether oxygens (including phenoxy) is 3. The van der Waals surface area contributed by atoms with Crippen molar-refractivity contribution in [3.05, 3.63) is 69.3 Å². The van der Waals surface area contributed by atoms with E-state index in [1.165, 1.54) is 32.0 Å². The van der Waals surface area contributed by atoms with Crippen molar-refractivity contribution >= 4 is 57.8 Å². The number of halogens is 2. The van der Waals surface area contributed by atoms with Crippen LogP contribution in [0.15, 0.2) is 42.5 Å². The van der Waals surface area contributed by atoms with Gasteiger partial charge in [-0.1, -0.05) is 41.4 Å². The average Bonchev–Trinajstić information content (AvgIpc) is 3.17. The highest BCUT2D eigenvalue weighted by atomic mass is 35.5. The Morgan fingerprint density at radius 3 is 2.12 bits per heavy atom. The normalized spacial score (nSPS) is 11.2. The number of fused-ring (bicyclic) bond motifs is 1. The summed E-state index contributed by atoms with van der Waals surface area (Å²) in [5, 5.41) is 0.636. The molecule has 1 aromatic heterocycles. The van der Waals surface area contributed by atoms with Crippen LogP contribution in [-0.4, -0.2) is 41.9 Å². The molecule has 0 saturated carbocycles. The monoisotopic (exact) mass is 505 g/mol. The van der Waals surface area contributed by atoms with E-state index in [1.54, 1.807) is 24.3 Å². The van der Waals surface area contributed by atoms with Crippen LogP contribution in [0.3, 0.4) is 0 Å². The van der Waals surface area contributed by atoms with Crippen LogP contribution in [0.25, 0.3) is 10.9 Å². The highest BCUT2D eigenvalue weighted by Crippen LogP contribution is 2.39. The van der Waals surface area contributed by atoms with Gasteiger partial charge in [0.05, 0.1) is 29.5 Å². The van der Waals surface area contributed by atoms with Gasteiger partial charge in [-0.25, -0.2) is 9.59 Å². The zero-order valence-corrected chi connectivity index (χ0v) is 20.1. The lowest BCUT2D eigenvalue weighted by atomic mass is 9.88. The Bertz CT molecular complexity index is 1260. The molecule has 0 spiro atoms. The Kier molecular flexibility index (Phi) is 7.64. The molecule has 0 radical (unpaired) electrons. The van der Waals surface area contributed by atoms with Crippen molar-refractivity contribution in [2.45, 2.75) is 26.4 Å². The van der Waals surface area contributed by atoms with Crippen molar-refractivity contribution in [2.24, 2.45) is 0 Å². The minimum atomic E-state index is -2.71. The average molecular weight is 506 g/mol. The van der Waals surface area contributed by atoms with Crippen LogP contribution in [0, 0.1) is 0 Å². The first-order valence-electron chi connectivity index (χ1n) is 10.3. The van der Waals surface area contributed by atoms with Gasteiger partial charge >= 0.3 is 23.5 Å². The number of aromatic amines is 1. The number of para-hydroxylation sites is 1. The molecule has 3 rings (SSSR count). The van der Waals surface area contributed by atoms with Crippen LogP contribution in [-0.2, 0) is 34.2 Å². The van der Waals surface area contributed by atoms with Crippen molar-refractivity contribution < 1.29 is 33.4 Å². The van der Waals surface area contributed by atoms with Crippen LogP contribution in [0.2, 0.25) is 10.0 Å². The summed E-state index contributed by atoms with van der Waals surface area (Å²) < 4.78 is 15.7. The highest BCUT2D eigenvalue weighted by molar-refractivity contribution is 6.37. The molecule has 10 heteroatoms. The van der Waals surface area contributed by atoms with Crippen molar-refractivity contribution in [1.82, 2.24) is 4.98 Å². The van der Waals surface area contributed by atoms with Crippen molar-refractivity contribution in [3.63, 3.8) is 0 Å². The minimum absolute atomic E-state index is 0.0447. The third-order valence-corrected chi connectivity index (χ3v) is 5.43. The summed E-state index contributed by atoms with van der Waals surface area (Å²) in [6.45, 7) is 3.82. The molecule has 8 nitrogen and oxygen atoms in total. The van der Waals surface area contributed by atoms with Crippen molar-refractivity contribution in [1.29, 1.82) is 0 Å². The number of carbonyl (C=O) groups excluding carboxylic acids is 4. The van der Waals surface area contributed by atoms with E-state index >= 15 is 0 Å². The predicted octanol–water partition coefficient (Wildman–Crippen LogP) is 4.59. The van der Waals surface area contributed by atoms with Gasteiger partial charge in [0.1, 0.15) is 0 Å². The van der Waals surface area contributed by atoms with Gasteiger partial charge in [0.2, 0.25) is 5.78 Å². The molecular weight excluding hydrogens is 485 g/mol. The molecule has 0 bridgehead atoms. The molecule has 0 saturated heterocycles. The number of nitrogens with one attached hydrogen (secondary N) is 1. The molecule has 1 heterocycles. The lowest BCUT2D eigenvalue weighted by Gasteiger charge is -2.29. The number of aromatic nitrogens is 1. The maximum Gasteiger partial charge on any atom is 0.367 e. The Labute approximate surface area is 205 Å². The number of benzene rings is 2. The SMILES string of the molecule is CCOC(=O)C(OC(C)=O)(C(=O)OCC)c1c(C(=O)c2ccc(Cl)cc2Cl)[nH]c2ccccc12. The van der Waals surface area contributed by atoms with Crippen LogP contribution < -0.4 is 0 Å². The number of hydrogen-bond donors (Lipinski definition) is 1. The third kappa shape index (κ3) is 4.51. The summed E-state index contributed by atoms with van der Waals surface area (Å²) in [7, 11) is 0. The summed E-state index contributed by atoms with van der Waals surface area (Å²) in [6.07, 6.45) is 0. The van der Waals surface area contributed by atoms with Crippen molar-refractivity contribution in [2.75, 3.05) is 13.2 Å². The van der Waals surface area contributed by atoms with E-state index in [9.17, 15) is 19.2 Å². The number of carbonyl (C=O) groups is 4. The maximum atomic E-state index is 13.7. The van der Waals surface area contributed by atoms with Gasteiger partial charge in [-0.2, -0.15) is 0 Å². The highest BCUT2D eigenvalue weighted by Gasteiger charge is 2.58. The fourth-order valence-corrected chi connectivity index (χ4v) is 4.08. The molecule has 0 unspecified atom stereocenters. The van der Waals surface area contributed by atoms with E-state index in [4.69, 9.17) is 37.4 Å². The number of esters is 3. The minimum Gasteiger partial charge on any atom is -0.462 e. The molecule has 0 atom stereocenters. The third-order valence-electron chi connectivity index (χ3n) is 4.88. The summed E-state index contributed by atoms with van der Waals surface area (Å²) in [4.78, 5) is 55.4. The number of hydrogen-bond acceptors (Lipinski definition) is 7. The maximum absolute atomic E-state index is 13.7. The number of ketones is 1. The molecule has 0 amide bonds. The quantitative estimate of drug-likeness (QED) is 0.206. The zero-order chi connectivity index (χ0) is 25.0. The van der Waals surface area contributed by atoms with Gasteiger partial charge in [-0.05, 0) is 38.1 Å². The Morgan fingerprint density at radius 2 is 1.56 bits per heavy atom. The smallest absolute Gasteiger partial charge is 0.367 e. The largest absolute Gasteiger partial charge is 0.462 e. The Balaban J connectivity index is 2.43. The van der Waals surface area contributed by atoms with E-state index < -0.39 is 29.3 Å². The van der Waals surface area contributed by atoms with E-state index in [0.717, 1.165) is 6.92 Å². The van der Waals surface area contributed by atoms with Gasteiger partial charge in [0, 0.05) is 28.4 Å². The van der Waals surface area contributed by atoms with Crippen LogP contribution in [0.1, 0.15) is 42.4 Å². The van der Waals surface area contributed by atoms with E-state index in [1.807, 2.05) is 0 Å². The molecule has 178 valence electrons. The second-order valence-corrected chi connectivity index (χ2v) is 7.93. The first-order valence-corrected chi connectivity index (χ1v) is 11.1. The number of H-pyrrole nitrogens is 1. The van der Waals surface area contributed by atoms with E-state index in [0.29, 0.717) is 10.5 Å². The predicted molar refractivity (Wildman–Crippen MR) is 125 cm³/mol. The molecule has 0 fully saturated rings. The lowest BCUT2D eigenvalue weighted by Crippen LogP contribution is -2.50. The summed E-state index contributed by atoms with van der Waals surface area (Å²) in [6, 6.07) is 10.8. The van der Waals surface area contributed by atoms with Crippen LogP contribution in [0.5, 0.6) is 0 Å². The van der Waals surface area contributed by atoms with E-state index in [-0.39, 0.29) is 40.4 Å². The van der Waals surface area contributed by atoms with Crippen molar-refractivity contribution in [3.8, 4) is 0 Å². The van der Waals surface area contributed by atoms with Gasteiger partial charge in [0.25, 0.3) is 0 Å². The van der Waals surface area contributed by atoms with Gasteiger partial charge < -0.3 is 19.2 Å². The molecule has 2 aromatic carbocycles. The van der Waals surface area contributed by atoms with Gasteiger partial charge in [-0.3, -0.25) is 9.59 Å². The topological polar surface area (TPSA) is 112 Å². The number of rotatable bonds is 8. The fourth-order valence-electron chi connectivity index (χ4n) is 3.59. The van der Waals surface area contributed by atoms with Gasteiger partial charge in [-0.15, -0.1) is 0 Å². The van der Waals surface area contributed by atoms with E-state index in [2.05, 4.69) is 4.98 Å². The van der Waals surface area contributed by atoms with Crippen LogP contribution >= 0.6 is 23.2 Å². The second-order valence-electron chi connectivity index (χ2n) is 7.09. The molecule has 3 aromatic rings. The fraction of sp³-hybridized carbons (Fsp3) is 0.250. The first-order chi connectivity index (χ1) is 16.2. The first kappa shape index (κ1) is 25.3. The molecule has 0 aliphatic carbocycles. The summed E-state index contributed by atoms with van der Waals surface area (Å²) >= 11 is 12.2. The van der Waals surface area contributed by atoms with Gasteiger partial charge in [0.15, 0.2) is 0 Å². The molecule has 34 heavy (non-hydrogen) atoms. The lowest BCUT2D eigenvalue weighted by molar-refractivity contribution is -0.197. The molecule has 0 aliphatic rings. The Morgan fingerprint density at radius 1 is 0.941 bits per heavy atom. The zero-order valence-electron chi connectivity index (χ0n) is 18.6. The standard InChI is InChI=1S/C24H21Cl2NO7/c1-4-32-22(30)24(34-13(3)28,23(31)33-5-2)19-16-8-6-7-9-18(16)27-20(19)21(29)15-11-10-14(25)12-17(15)26/h6-12,27H,4-5H2,1-3H3. The molecule has 0 aliphatic heterocycles. The molecular formula is C24H21Cl2NO7. The molecule has 1 N–H and O–H groups in total. The van der Waals surface area contributed by atoms with Crippen LogP contribution in [0.4, 0.5) is 0 Å². The summed E-state index contributed by atoms with van der Waals surface area (Å²) in [5.74, 6) is -4.04. The second kappa shape index (κ2) is 10.3. The Hall–Kier alpha value is -3.36. The summed E-state index contributed by atoms with van der Waals surface area (Å²) in [5.41, 5.74) is -2.68.